The standard InChI is InChI=1S/C15H22N2O4/c1-11-3-4-12(2)13(9-11)16-14(19)10-17(7-8-18)6-5-15(20)21/h3-4,9,18H,5-8,10H2,1-2H3,(H,16,19)(H,20,21). The molecule has 0 fully saturated rings. The van der Waals surface area contributed by atoms with E-state index in [9.17, 15) is 9.59 Å². The molecule has 0 aliphatic heterocycles. The van der Waals surface area contributed by atoms with Crippen LogP contribution in [0.3, 0.4) is 0 Å². The summed E-state index contributed by atoms with van der Waals surface area (Å²) in [5.41, 5.74) is 2.77. The van der Waals surface area contributed by atoms with Crippen molar-refractivity contribution in [2.45, 2.75) is 20.3 Å². The van der Waals surface area contributed by atoms with Gasteiger partial charge in [-0.15, -0.1) is 0 Å². The molecule has 3 N–H and O–H groups in total. The molecule has 21 heavy (non-hydrogen) atoms. The van der Waals surface area contributed by atoms with E-state index in [4.69, 9.17) is 10.2 Å². The Kier molecular flexibility index (Phi) is 6.84. The molecule has 0 bridgehead atoms. The van der Waals surface area contributed by atoms with Crippen molar-refractivity contribution in [1.82, 2.24) is 4.90 Å². The summed E-state index contributed by atoms with van der Waals surface area (Å²) in [5.74, 6) is -1.14. The molecule has 0 spiro atoms. The molecule has 0 heterocycles. The summed E-state index contributed by atoms with van der Waals surface area (Å²) in [4.78, 5) is 24.2. The second-order valence-electron chi connectivity index (χ2n) is 5.01. The molecule has 0 atom stereocenters. The van der Waals surface area contributed by atoms with Crippen molar-refractivity contribution in [2.24, 2.45) is 0 Å². The fraction of sp³-hybridized carbons (Fsp3) is 0.467. The lowest BCUT2D eigenvalue weighted by Crippen LogP contribution is -2.36. The normalized spacial score (nSPS) is 10.7. The van der Waals surface area contributed by atoms with Crippen molar-refractivity contribution in [2.75, 3.05) is 31.6 Å². The van der Waals surface area contributed by atoms with E-state index in [2.05, 4.69) is 5.32 Å². The van der Waals surface area contributed by atoms with Crippen LogP contribution in [0.1, 0.15) is 17.5 Å². The van der Waals surface area contributed by atoms with Crippen LogP contribution in [0.4, 0.5) is 5.69 Å². The number of aliphatic hydroxyl groups is 1. The zero-order chi connectivity index (χ0) is 15.8. The minimum atomic E-state index is -0.923. The van der Waals surface area contributed by atoms with Gasteiger partial charge >= 0.3 is 5.97 Å². The minimum Gasteiger partial charge on any atom is -0.481 e. The van der Waals surface area contributed by atoms with E-state index in [-0.39, 0.29) is 38.6 Å². The smallest absolute Gasteiger partial charge is 0.304 e. The van der Waals surface area contributed by atoms with Crippen LogP contribution in [-0.2, 0) is 9.59 Å². The van der Waals surface area contributed by atoms with Gasteiger partial charge < -0.3 is 15.5 Å². The lowest BCUT2D eigenvalue weighted by atomic mass is 10.1. The number of carboxylic acid groups (broad SMARTS) is 1. The van der Waals surface area contributed by atoms with Crippen LogP contribution in [0.15, 0.2) is 18.2 Å². The highest BCUT2D eigenvalue weighted by Crippen LogP contribution is 2.16. The summed E-state index contributed by atoms with van der Waals surface area (Å²) in [5, 5.41) is 20.5. The zero-order valence-corrected chi connectivity index (χ0v) is 12.4. The first-order valence-corrected chi connectivity index (χ1v) is 6.84. The SMILES string of the molecule is Cc1ccc(C)c(NC(=O)CN(CCO)CCC(=O)O)c1. The van der Waals surface area contributed by atoms with E-state index in [1.165, 1.54) is 0 Å². The number of amides is 1. The molecule has 1 aromatic carbocycles. The van der Waals surface area contributed by atoms with Crippen molar-refractivity contribution in [3.8, 4) is 0 Å². The first-order valence-electron chi connectivity index (χ1n) is 6.84. The van der Waals surface area contributed by atoms with E-state index in [0.29, 0.717) is 0 Å². The van der Waals surface area contributed by atoms with Crippen molar-refractivity contribution >= 4 is 17.6 Å². The molecular formula is C15H22N2O4. The average molecular weight is 294 g/mol. The number of anilines is 1. The van der Waals surface area contributed by atoms with Gasteiger partial charge in [-0.1, -0.05) is 12.1 Å². The monoisotopic (exact) mass is 294 g/mol. The molecule has 0 saturated heterocycles. The van der Waals surface area contributed by atoms with Crippen LogP contribution in [0.25, 0.3) is 0 Å². The van der Waals surface area contributed by atoms with Gasteiger partial charge in [0.25, 0.3) is 0 Å². The maximum Gasteiger partial charge on any atom is 0.304 e. The topological polar surface area (TPSA) is 89.9 Å². The molecular weight excluding hydrogens is 272 g/mol. The number of hydrogen-bond donors (Lipinski definition) is 3. The van der Waals surface area contributed by atoms with Crippen molar-refractivity contribution in [1.29, 1.82) is 0 Å². The van der Waals surface area contributed by atoms with E-state index in [1.54, 1.807) is 4.90 Å². The highest BCUT2D eigenvalue weighted by atomic mass is 16.4. The number of carbonyl (C=O) groups excluding carboxylic acids is 1. The van der Waals surface area contributed by atoms with Crippen LogP contribution < -0.4 is 5.32 Å². The molecule has 0 aliphatic rings. The first kappa shape index (κ1) is 17.1. The second-order valence-corrected chi connectivity index (χ2v) is 5.01. The second kappa shape index (κ2) is 8.39. The number of aliphatic carboxylic acids is 1. The van der Waals surface area contributed by atoms with Gasteiger partial charge in [0.15, 0.2) is 0 Å². The number of hydrogen-bond acceptors (Lipinski definition) is 4. The Morgan fingerprint density at radius 3 is 2.57 bits per heavy atom. The van der Waals surface area contributed by atoms with Gasteiger partial charge in [-0.3, -0.25) is 14.5 Å². The number of rotatable bonds is 8. The number of nitrogens with one attached hydrogen (secondary N) is 1. The molecule has 0 radical (unpaired) electrons. The van der Waals surface area contributed by atoms with Crippen molar-refractivity contribution in [3.05, 3.63) is 29.3 Å². The highest BCUT2D eigenvalue weighted by molar-refractivity contribution is 5.93. The van der Waals surface area contributed by atoms with Crippen LogP contribution >= 0.6 is 0 Å². The first-order chi connectivity index (χ1) is 9.92. The molecule has 1 rings (SSSR count). The third kappa shape index (κ3) is 6.37. The van der Waals surface area contributed by atoms with Crippen LogP contribution in [0, 0.1) is 13.8 Å². The van der Waals surface area contributed by atoms with Gasteiger partial charge in [-0.2, -0.15) is 0 Å². The minimum absolute atomic E-state index is 0.0568. The Morgan fingerprint density at radius 1 is 1.24 bits per heavy atom. The van der Waals surface area contributed by atoms with E-state index in [0.717, 1.165) is 16.8 Å². The maximum absolute atomic E-state index is 12.0. The number of nitrogens with zero attached hydrogens (tertiary/aromatic N) is 1. The Bertz CT molecular complexity index is 502. The molecule has 1 aromatic rings. The average Bonchev–Trinajstić information content (AvgIpc) is 2.40. The van der Waals surface area contributed by atoms with Gasteiger partial charge in [0.05, 0.1) is 19.6 Å². The summed E-state index contributed by atoms with van der Waals surface area (Å²) < 4.78 is 0. The quantitative estimate of drug-likeness (QED) is 0.666. The molecule has 1 amide bonds. The number of aliphatic hydroxyl groups excluding tert-OH is 1. The van der Waals surface area contributed by atoms with E-state index >= 15 is 0 Å². The third-order valence-electron chi connectivity index (χ3n) is 3.09. The Morgan fingerprint density at radius 2 is 1.95 bits per heavy atom. The molecule has 6 heteroatoms. The lowest BCUT2D eigenvalue weighted by Gasteiger charge is -2.20. The number of carboxylic acids is 1. The summed E-state index contributed by atoms with van der Waals surface area (Å²) in [6, 6.07) is 5.79. The van der Waals surface area contributed by atoms with Crippen LogP contribution in [0.2, 0.25) is 0 Å². The number of carbonyl (C=O) groups is 2. The lowest BCUT2D eigenvalue weighted by molar-refractivity contribution is -0.137. The van der Waals surface area contributed by atoms with Crippen molar-refractivity contribution < 1.29 is 19.8 Å². The summed E-state index contributed by atoms with van der Waals surface area (Å²) in [6.07, 6.45) is -0.0588. The Balaban J connectivity index is 2.60. The van der Waals surface area contributed by atoms with Crippen LogP contribution in [0.5, 0.6) is 0 Å². The molecule has 0 aliphatic carbocycles. The zero-order valence-electron chi connectivity index (χ0n) is 12.4. The summed E-state index contributed by atoms with van der Waals surface area (Å²) in [6.45, 7) is 4.30. The molecule has 6 nitrogen and oxygen atoms in total. The van der Waals surface area contributed by atoms with E-state index in [1.807, 2.05) is 32.0 Å². The molecule has 0 unspecified atom stereocenters. The third-order valence-corrected chi connectivity index (χ3v) is 3.09. The molecule has 0 saturated carbocycles. The Labute approximate surface area is 124 Å². The van der Waals surface area contributed by atoms with Gasteiger partial charge in [-0.25, -0.2) is 0 Å². The van der Waals surface area contributed by atoms with Crippen molar-refractivity contribution in [3.63, 3.8) is 0 Å². The highest BCUT2D eigenvalue weighted by Gasteiger charge is 2.12. The van der Waals surface area contributed by atoms with Crippen LogP contribution in [-0.4, -0.2) is 53.2 Å². The van der Waals surface area contributed by atoms with E-state index < -0.39 is 5.97 Å². The fourth-order valence-electron chi connectivity index (χ4n) is 1.93. The number of benzene rings is 1. The predicted octanol–water partition coefficient (Wildman–Crippen LogP) is 1.01. The summed E-state index contributed by atoms with van der Waals surface area (Å²) >= 11 is 0. The maximum atomic E-state index is 12.0. The Hall–Kier alpha value is -1.92. The number of aryl methyl sites for hydroxylation is 2. The van der Waals surface area contributed by atoms with Gasteiger partial charge in [-0.05, 0) is 31.0 Å². The van der Waals surface area contributed by atoms with Gasteiger partial charge in [0.1, 0.15) is 0 Å². The van der Waals surface area contributed by atoms with Gasteiger partial charge in [0, 0.05) is 18.8 Å². The largest absolute Gasteiger partial charge is 0.481 e. The molecule has 116 valence electrons. The fourth-order valence-corrected chi connectivity index (χ4v) is 1.93. The predicted molar refractivity (Wildman–Crippen MR) is 80.3 cm³/mol. The van der Waals surface area contributed by atoms with Gasteiger partial charge in [0.2, 0.25) is 5.91 Å². The molecule has 0 aromatic heterocycles. The summed E-state index contributed by atoms with van der Waals surface area (Å²) in [7, 11) is 0.